The molecule has 1 aliphatic rings. The molecule has 1 aromatic heterocycles. The van der Waals surface area contributed by atoms with Crippen LogP contribution in [0.25, 0.3) is 0 Å². The van der Waals surface area contributed by atoms with Crippen LogP contribution in [0, 0.1) is 0 Å². The maximum absolute atomic E-state index is 12.7. The number of benzene rings is 1. The predicted molar refractivity (Wildman–Crippen MR) is 94.7 cm³/mol. The maximum Gasteiger partial charge on any atom is 0.416 e. The molecule has 5 nitrogen and oxygen atoms in total. The Morgan fingerprint density at radius 2 is 2.19 bits per heavy atom. The second-order valence-corrected chi connectivity index (χ2v) is 6.96. The summed E-state index contributed by atoms with van der Waals surface area (Å²) in [4.78, 5) is 16.9. The highest BCUT2D eigenvalue weighted by Crippen LogP contribution is 2.30. The summed E-state index contributed by atoms with van der Waals surface area (Å²) in [6.45, 7) is 0.372. The number of hydrogen-bond acceptors (Lipinski definition) is 5. The summed E-state index contributed by atoms with van der Waals surface area (Å²) in [6.07, 6.45) is -2.73. The average Bonchev–Trinajstić information content (AvgIpc) is 3.16. The molecular formula is C16H17ClF3N3O2S. The van der Waals surface area contributed by atoms with Crippen molar-refractivity contribution in [1.29, 1.82) is 0 Å². The van der Waals surface area contributed by atoms with Gasteiger partial charge in [0.2, 0.25) is 5.91 Å². The number of β-amino-alcohol motifs (C(OH)–C–C–N with tert-alkyl or cyclic N) is 1. The molecule has 0 radical (unpaired) electrons. The first-order valence-corrected chi connectivity index (χ1v) is 8.46. The summed E-state index contributed by atoms with van der Waals surface area (Å²) >= 11 is 1.21. The predicted octanol–water partition coefficient (Wildman–Crippen LogP) is 2.84. The number of rotatable bonds is 4. The molecule has 10 heteroatoms. The first-order valence-electron chi connectivity index (χ1n) is 7.64. The Kier molecular flexibility index (Phi) is 6.62. The maximum atomic E-state index is 12.7. The molecule has 0 saturated carbocycles. The van der Waals surface area contributed by atoms with Gasteiger partial charge in [-0.05, 0) is 18.1 Å². The van der Waals surface area contributed by atoms with Gasteiger partial charge in [-0.25, -0.2) is 4.98 Å². The summed E-state index contributed by atoms with van der Waals surface area (Å²) < 4.78 is 38.2. The lowest BCUT2D eigenvalue weighted by atomic mass is 10.1. The van der Waals surface area contributed by atoms with E-state index in [0.717, 1.165) is 17.0 Å². The van der Waals surface area contributed by atoms with Gasteiger partial charge in [0.15, 0.2) is 5.13 Å². The van der Waals surface area contributed by atoms with E-state index in [2.05, 4.69) is 15.6 Å². The van der Waals surface area contributed by atoms with E-state index in [4.69, 9.17) is 0 Å². The smallest absolute Gasteiger partial charge is 0.392 e. The Morgan fingerprint density at radius 1 is 1.42 bits per heavy atom. The van der Waals surface area contributed by atoms with Gasteiger partial charge in [-0.2, -0.15) is 13.2 Å². The second kappa shape index (κ2) is 8.34. The zero-order valence-corrected chi connectivity index (χ0v) is 15.0. The molecule has 142 valence electrons. The van der Waals surface area contributed by atoms with Crippen molar-refractivity contribution in [2.45, 2.75) is 31.2 Å². The average molecular weight is 408 g/mol. The molecule has 2 heterocycles. The lowest BCUT2D eigenvalue weighted by Gasteiger charge is -2.08. The number of nitrogens with zero attached hydrogens (tertiary/aromatic N) is 1. The lowest BCUT2D eigenvalue weighted by Crippen LogP contribution is -2.35. The number of carbonyl (C=O) groups is 1. The Morgan fingerprint density at radius 3 is 2.85 bits per heavy atom. The van der Waals surface area contributed by atoms with Crippen molar-refractivity contribution >= 4 is 34.8 Å². The summed E-state index contributed by atoms with van der Waals surface area (Å²) in [7, 11) is 0. The van der Waals surface area contributed by atoms with E-state index in [9.17, 15) is 23.1 Å². The number of aliphatic hydroxyl groups excluding tert-OH is 1. The van der Waals surface area contributed by atoms with Crippen molar-refractivity contribution in [3.63, 3.8) is 0 Å². The molecule has 0 bridgehead atoms. The third-order valence-electron chi connectivity index (χ3n) is 3.84. The molecule has 26 heavy (non-hydrogen) atoms. The van der Waals surface area contributed by atoms with Gasteiger partial charge < -0.3 is 15.7 Å². The van der Waals surface area contributed by atoms with Crippen molar-refractivity contribution in [3.05, 3.63) is 46.5 Å². The normalized spacial score (nSPS) is 19.8. The number of aliphatic hydroxyl groups is 1. The first-order chi connectivity index (χ1) is 11.8. The van der Waals surface area contributed by atoms with Crippen LogP contribution < -0.4 is 10.6 Å². The number of anilines is 1. The molecule has 2 aromatic rings. The van der Waals surface area contributed by atoms with Gasteiger partial charge in [0.25, 0.3) is 0 Å². The number of amides is 1. The lowest BCUT2D eigenvalue weighted by molar-refractivity contribution is -0.137. The number of halogens is 4. The molecule has 0 aliphatic carbocycles. The summed E-state index contributed by atoms with van der Waals surface area (Å²) in [5, 5.41) is 15.4. The minimum Gasteiger partial charge on any atom is -0.392 e. The minimum absolute atomic E-state index is 0. The van der Waals surface area contributed by atoms with Gasteiger partial charge in [0.05, 0.1) is 17.7 Å². The van der Waals surface area contributed by atoms with Gasteiger partial charge in [0, 0.05) is 24.0 Å². The van der Waals surface area contributed by atoms with E-state index >= 15 is 0 Å². The summed E-state index contributed by atoms with van der Waals surface area (Å²) in [5.41, 5.74) is -0.161. The van der Waals surface area contributed by atoms with Crippen molar-refractivity contribution in [1.82, 2.24) is 10.3 Å². The summed E-state index contributed by atoms with van der Waals surface area (Å²) in [5.74, 6) is -0.281. The fourth-order valence-corrected chi connectivity index (χ4v) is 3.46. The van der Waals surface area contributed by atoms with Gasteiger partial charge in [-0.3, -0.25) is 4.79 Å². The second-order valence-electron chi connectivity index (χ2n) is 5.85. The minimum atomic E-state index is -4.37. The van der Waals surface area contributed by atoms with Crippen LogP contribution >= 0.6 is 23.7 Å². The van der Waals surface area contributed by atoms with Crippen LogP contribution in [-0.2, 0) is 17.4 Å². The van der Waals surface area contributed by atoms with E-state index in [-0.39, 0.29) is 18.3 Å². The van der Waals surface area contributed by atoms with Crippen molar-refractivity contribution in [2.24, 2.45) is 0 Å². The van der Waals surface area contributed by atoms with Gasteiger partial charge in [0.1, 0.15) is 0 Å². The zero-order valence-electron chi connectivity index (χ0n) is 13.4. The van der Waals surface area contributed by atoms with E-state index in [0.29, 0.717) is 30.1 Å². The van der Waals surface area contributed by atoms with Crippen molar-refractivity contribution < 1.29 is 23.1 Å². The third kappa shape index (κ3) is 5.16. The van der Waals surface area contributed by atoms with Gasteiger partial charge >= 0.3 is 6.18 Å². The molecular weight excluding hydrogens is 391 g/mol. The fourth-order valence-electron chi connectivity index (χ4n) is 2.62. The van der Waals surface area contributed by atoms with Crippen LogP contribution in [0.5, 0.6) is 0 Å². The van der Waals surface area contributed by atoms with Crippen LogP contribution in [0.15, 0.2) is 30.5 Å². The molecule has 1 aromatic carbocycles. The fraction of sp³-hybridized carbons (Fsp3) is 0.375. The van der Waals surface area contributed by atoms with Crippen molar-refractivity contribution in [3.8, 4) is 0 Å². The van der Waals surface area contributed by atoms with Gasteiger partial charge in [-0.1, -0.05) is 18.2 Å². The Hall–Kier alpha value is -1.68. The van der Waals surface area contributed by atoms with Gasteiger partial charge in [-0.15, -0.1) is 23.7 Å². The highest BCUT2D eigenvalue weighted by molar-refractivity contribution is 7.15. The number of hydrogen-bond donors (Lipinski definition) is 3. The molecule has 0 spiro atoms. The highest BCUT2D eigenvalue weighted by Gasteiger charge is 2.30. The number of alkyl halides is 3. The summed E-state index contributed by atoms with van der Waals surface area (Å²) in [6, 6.07) is 4.67. The monoisotopic (exact) mass is 407 g/mol. The molecule has 2 unspecified atom stereocenters. The molecule has 2 atom stereocenters. The Labute approximate surface area is 158 Å². The van der Waals surface area contributed by atoms with Crippen LogP contribution in [0.1, 0.15) is 22.4 Å². The van der Waals surface area contributed by atoms with E-state index in [1.54, 1.807) is 6.07 Å². The molecule has 1 saturated heterocycles. The quantitative estimate of drug-likeness (QED) is 0.728. The van der Waals surface area contributed by atoms with Crippen molar-refractivity contribution in [2.75, 3.05) is 11.9 Å². The molecule has 1 amide bonds. The van der Waals surface area contributed by atoms with E-state index in [1.165, 1.54) is 23.6 Å². The van der Waals surface area contributed by atoms with E-state index in [1.807, 2.05) is 0 Å². The molecule has 3 N–H and O–H groups in total. The highest BCUT2D eigenvalue weighted by atomic mass is 35.5. The molecule has 1 aliphatic heterocycles. The van der Waals surface area contributed by atoms with Crippen LogP contribution in [0.4, 0.5) is 18.3 Å². The topological polar surface area (TPSA) is 74.2 Å². The number of carbonyl (C=O) groups excluding carboxylic acids is 1. The Balaban J connectivity index is 0.00000243. The third-order valence-corrected chi connectivity index (χ3v) is 4.75. The number of aromatic nitrogens is 1. The van der Waals surface area contributed by atoms with Crippen LogP contribution in [0.3, 0.4) is 0 Å². The molecule has 3 rings (SSSR count). The number of nitrogens with one attached hydrogen (secondary N) is 2. The SMILES string of the molecule is Cl.O=C(Nc1ncc(Cc2cccc(C(F)(F)F)c2)s1)C1CC(O)CN1. The Bertz CT molecular complexity index is 769. The van der Waals surface area contributed by atoms with E-state index < -0.39 is 23.9 Å². The first kappa shape index (κ1) is 20.6. The largest absolute Gasteiger partial charge is 0.416 e. The molecule has 1 fully saturated rings. The van der Waals surface area contributed by atoms with Crippen LogP contribution in [0.2, 0.25) is 0 Å². The standard InChI is InChI=1S/C16H16F3N3O2S.ClH/c17-16(18,19)10-3-1-2-9(4-10)5-12-8-21-15(25-12)22-14(24)13-6-11(23)7-20-13;/h1-4,8,11,13,20,23H,5-7H2,(H,21,22,24);1H. The number of thiazole rings is 1. The van der Waals surface area contributed by atoms with Crippen LogP contribution in [-0.4, -0.2) is 34.7 Å². The zero-order chi connectivity index (χ0) is 18.0.